The number of amides is 2. The predicted octanol–water partition coefficient (Wildman–Crippen LogP) is 2.47. The van der Waals surface area contributed by atoms with Crippen LogP contribution in [-0.4, -0.2) is 43.5 Å². The molecule has 0 aromatic heterocycles. The van der Waals surface area contributed by atoms with Crippen molar-refractivity contribution in [3.63, 3.8) is 0 Å². The number of benzene rings is 2. The topological polar surface area (TPSA) is 59.1 Å². The minimum Gasteiger partial charge on any atom is -0.494 e. The summed E-state index contributed by atoms with van der Waals surface area (Å²) in [5.41, 5.74) is 1.63. The minimum absolute atomic E-state index is 0.00721. The molecule has 2 aromatic rings. The molecule has 1 heterocycles. The van der Waals surface area contributed by atoms with Gasteiger partial charge >= 0.3 is 0 Å². The third-order valence-electron chi connectivity index (χ3n) is 4.18. The second kappa shape index (κ2) is 7.91. The number of hydrogen-bond acceptors (Lipinski definition) is 4. The smallest absolute Gasteiger partial charge is 0.265 e. The van der Waals surface area contributed by atoms with E-state index in [2.05, 4.69) is 0 Å². The normalized spacial score (nSPS) is 13.0. The number of likely N-dealkylation sites (N-methyl/N-ethyl adjacent to an activating group) is 1. The van der Waals surface area contributed by atoms with Crippen LogP contribution < -0.4 is 14.4 Å². The van der Waals surface area contributed by atoms with Crippen LogP contribution in [-0.2, 0) is 16.1 Å². The maximum Gasteiger partial charge on any atom is 0.265 e. The van der Waals surface area contributed by atoms with Crippen molar-refractivity contribution < 1.29 is 19.1 Å². The van der Waals surface area contributed by atoms with E-state index in [0.717, 1.165) is 11.3 Å². The van der Waals surface area contributed by atoms with Crippen molar-refractivity contribution in [3.8, 4) is 11.5 Å². The highest BCUT2D eigenvalue weighted by molar-refractivity contribution is 6.02. The quantitative estimate of drug-likeness (QED) is 0.800. The van der Waals surface area contributed by atoms with Crippen LogP contribution in [0.2, 0.25) is 0 Å². The lowest BCUT2D eigenvalue weighted by Gasteiger charge is -2.30. The summed E-state index contributed by atoms with van der Waals surface area (Å²) in [5, 5.41) is 0. The Morgan fingerprint density at radius 1 is 1.19 bits per heavy atom. The lowest BCUT2D eigenvalue weighted by molar-refractivity contribution is -0.131. The number of para-hydroxylation sites is 2. The SMILES string of the molecule is CCOc1ccc(CN(C)C(=O)CN2C(=O)COc3ccccc32)cc1. The molecule has 2 aromatic carbocycles. The highest BCUT2D eigenvalue weighted by Gasteiger charge is 2.27. The number of fused-ring (bicyclic) bond motifs is 1. The van der Waals surface area contributed by atoms with Crippen LogP contribution in [0.5, 0.6) is 11.5 Å². The lowest BCUT2D eigenvalue weighted by Crippen LogP contribution is -2.45. The highest BCUT2D eigenvalue weighted by atomic mass is 16.5. The summed E-state index contributed by atoms with van der Waals surface area (Å²) in [7, 11) is 1.73. The summed E-state index contributed by atoms with van der Waals surface area (Å²) < 4.78 is 10.8. The molecule has 0 radical (unpaired) electrons. The van der Waals surface area contributed by atoms with Gasteiger partial charge in [0.2, 0.25) is 5.91 Å². The van der Waals surface area contributed by atoms with Crippen molar-refractivity contribution in [3.05, 3.63) is 54.1 Å². The number of anilines is 1. The van der Waals surface area contributed by atoms with E-state index >= 15 is 0 Å². The van der Waals surface area contributed by atoms with Crippen LogP contribution in [0, 0.1) is 0 Å². The first-order valence-corrected chi connectivity index (χ1v) is 8.56. The van der Waals surface area contributed by atoms with E-state index in [1.165, 1.54) is 4.90 Å². The fourth-order valence-corrected chi connectivity index (χ4v) is 2.80. The molecule has 6 heteroatoms. The van der Waals surface area contributed by atoms with Crippen molar-refractivity contribution in [2.75, 3.05) is 31.7 Å². The van der Waals surface area contributed by atoms with Crippen molar-refractivity contribution in [1.82, 2.24) is 4.90 Å². The number of ether oxygens (including phenoxy) is 2. The van der Waals surface area contributed by atoms with E-state index in [4.69, 9.17) is 9.47 Å². The Kier molecular flexibility index (Phi) is 5.41. The molecule has 0 saturated carbocycles. The second-order valence-corrected chi connectivity index (χ2v) is 6.06. The first-order valence-electron chi connectivity index (χ1n) is 8.56. The monoisotopic (exact) mass is 354 g/mol. The largest absolute Gasteiger partial charge is 0.494 e. The molecule has 6 nitrogen and oxygen atoms in total. The first kappa shape index (κ1) is 17.8. The summed E-state index contributed by atoms with van der Waals surface area (Å²) in [5.74, 6) is 1.07. The van der Waals surface area contributed by atoms with E-state index in [1.54, 1.807) is 24.1 Å². The zero-order chi connectivity index (χ0) is 18.5. The molecule has 1 aliphatic rings. The molecule has 0 saturated heterocycles. The molecule has 0 unspecified atom stereocenters. The summed E-state index contributed by atoms with van der Waals surface area (Å²) >= 11 is 0. The van der Waals surface area contributed by atoms with Gasteiger partial charge in [-0.2, -0.15) is 0 Å². The van der Waals surface area contributed by atoms with Gasteiger partial charge in [-0.05, 0) is 36.8 Å². The number of carbonyl (C=O) groups excluding carboxylic acids is 2. The molecular weight excluding hydrogens is 332 g/mol. The van der Waals surface area contributed by atoms with Gasteiger partial charge in [-0.1, -0.05) is 24.3 Å². The zero-order valence-electron chi connectivity index (χ0n) is 15.0. The van der Waals surface area contributed by atoms with Gasteiger partial charge < -0.3 is 14.4 Å². The van der Waals surface area contributed by atoms with E-state index in [0.29, 0.717) is 24.6 Å². The molecule has 0 fully saturated rings. The highest BCUT2D eigenvalue weighted by Crippen LogP contribution is 2.31. The Hall–Kier alpha value is -3.02. The maximum absolute atomic E-state index is 12.6. The Labute approximate surface area is 152 Å². The average molecular weight is 354 g/mol. The first-order chi connectivity index (χ1) is 12.6. The minimum atomic E-state index is -0.216. The number of hydrogen-bond donors (Lipinski definition) is 0. The van der Waals surface area contributed by atoms with Crippen molar-refractivity contribution >= 4 is 17.5 Å². The van der Waals surface area contributed by atoms with E-state index in [1.807, 2.05) is 43.3 Å². The Bertz CT molecular complexity index is 789. The molecular formula is C20H22N2O4. The van der Waals surface area contributed by atoms with Gasteiger partial charge in [0, 0.05) is 13.6 Å². The van der Waals surface area contributed by atoms with Crippen LogP contribution in [0.3, 0.4) is 0 Å². The molecule has 26 heavy (non-hydrogen) atoms. The molecule has 0 bridgehead atoms. The Morgan fingerprint density at radius 3 is 2.65 bits per heavy atom. The molecule has 0 aliphatic carbocycles. The fraction of sp³-hybridized carbons (Fsp3) is 0.300. The third-order valence-corrected chi connectivity index (χ3v) is 4.18. The standard InChI is InChI=1S/C20H22N2O4/c1-3-25-16-10-8-15(9-11-16)12-21(2)19(23)13-22-17-6-4-5-7-18(17)26-14-20(22)24/h4-11H,3,12-14H2,1-2H3. The van der Waals surface area contributed by atoms with Crippen molar-refractivity contribution in [2.45, 2.75) is 13.5 Å². The molecule has 0 N–H and O–H groups in total. The van der Waals surface area contributed by atoms with Gasteiger partial charge in [-0.15, -0.1) is 0 Å². The van der Waals surface area contributed by atoms with Gasteiger partial charge in [-0.25, -0.2) is 0 Å². The average Bonchev–Trinajstić information content (AvgIpc) is 2.65. The zero-order valence-corrected chi connectivity index (χ0v) is 15.0. The van der Waals surface area contributed by atoms with E-state index in [9.17, 15) is 9.59 Å². The molecule has 1 aliphatic heterocycles. The van der Waals surface area contributed by atoms with Crippen molar-refractivity contribution in [2.24, 2.45) is 0 Å². The van der Waals surface area contributed by atoms with Gasteiger partial charge in [0.05, 0.1) is 12.3 Å². The predicted molar refractivity (Wildman–Crippen MR) is 98.4 cm³/mol. The molecule has 2 amide bonds. The Morgan fingerprint density at radius 2 is 1.92 bits per heavy atom. The van der Waals surface area contributed by atoms with E-state index < -0.39 is 0 Å². The summed E-state index contributed by atoms with van der Waals surface area (Å²) in [4.78, 5) is 27.9. The molecule has 0 spiro atoms. The second-order valence-electron chi connectivity index (χ2n) is 6.06. The number of carbonyl (C=O) groups is 2. The summed E-state index contributed by atoms with van der Waals surface area (Å²) in [6, 6.07) is 14.9. The maximum atomic E-state index is 12.6. The molecule has 0 atom stereocenters. The van der Waals surface area contributed by atoms with Crippen molar-refractivity contribution in [1.29, 1.82) is 0 Å². The Balaban J connectivity index is 1.65. The van der Waals surface area contributed by atoms with Crippen LogP contribution in [0.25, 0.3) is 0 Å². The van der Waals surface area contributed by atoms with Gasteiger partial charge in [0.15, 0.2) is 6.61 Å². The number of nitrogens with zero attached hydrogens (tertiary/aromatic N) is 2. The van der Waals surface area contributed by atoms with Gasteiger partial charge in [0.1, 0.15) is 18.0 Å². The summed E-state index contributed by atoms with van der Waals surface area (Å²) in [6.07, 6.45) is 0. The van der Waals surface area contributed by atoms with Gasteiger partial charge in [-0.3, -0.25) is 14.5 Å². The number of rotatable bonds is 6. The third kappa shape index (κ3) is 3.96. The molecule has 3 rings (SSSR count). The fourth-order valence-electron chi connectivity index (χ4n) is 2.80. The van der Waals surface area contributed by atoms with Crippen LogP contribution in [0.4, 0.5) is 5.69 Å². The van der Waals surface area contributed by atoms with Crippen LogP contribution >= 0.6 is 0 Å². The lowest BCUT2D eigenvalue weighted by atomic mass is 10.2. The van der Waals surface area contributed by atoms with E-state index in [-0.39, 0.29) is 25.0 Å². The van der Waals surface area contributed by atoms with Crippen LogP contribution in [0.1, 0.15) is 12.5 Å². The van der Waals surface area contributed by atoms with Crippen LogP contribution in [0.15, 0.2) is 48.5 Å². The summed E-state index contributed by atoms with van der Waals surface area (Å²) in [6.45, 7) is 2.96. The van der Waals surface area contributed by atoms with Gasteiger partial charge in [0.25, 0.3) is 5.91 Å². The molecule has 136 valence electrons.